The maximum Gasteiger partial charge on any atom is 0.322 e. The number of nitrogens with one attached hydrogen (secondary N) is 1. The van der Waals surface area contributed by atoms with Crippen LogP contribution < -0.4 is 14.8 Å². The summed E-state index contributed by atoms with van der Waals surface area (Å²) >= 11 is 0. The van der Waals surface area contributed by atoms with Crippen molar-refractivity contribution in [1.29, 1.82) is 0 Å². The number of nitrogens with zero attached hydrogens (tertiary/aromatic N) is 2. The molecule has 0 aliphatic carbocycles. The summed E-state index contributed by atoms with van der Waals surface area (Å²) in [7, 11) is 0. The molecule has 2 heterocycles. The third-order valence-electron chi connectivity index (χ3n) is 4.01. The van der Waals surface area contributed by atoms with Crippen LogP contribution >= 0.6 is 0 Å². The van der Waals surface area contributed by atoms with Crippen molar-refractivity contribution in [3.05, 3.63) is 54.1 Å². The van der Waals surface area contributed by atoms with Gasteiger partial charge in [-0.05, 0) is 29.8 Å². The normalized spacial score (nSPS) is 12.3. The van der Waals surface area contributed by atoms with Crippen molar-refractivity contribution in [1.82, 2.24) is 10.2 Å². The van der Waals surface area contributed by atoms with Gasteiger partial charge in [0.2, 0.25) is 5.89 Å². The summed E-state index contributed by atoms with van der Waals surface area (Å²) < 4.78 is 21.3. The molecule has 0 saturated carbocycles. The van der Waals surface area contributed by atoms with Gasteiger partial charge >= 0.3 is 12.0 Å². The van der Waals surface area contributed by atoms with E-state index in [2.05, 4.69) is 15.5 Å². The van der Waals surface area contributed by atoms with E-state index in [1.807, 2.05) is 18.2 Å². The third-order valence-corrected chi connectivity index (χ3v) is 4.01. The SMILES string of the molecule is O=C(COC(=O)Cc1ccc2c(c1)OCCO2)Nc1nnc(-c2ccccc2)o1. The highest BCUT2D eigenvalue weighted by Crippen LogP contribution is 2.30. The predicted octanol–water partition coefficient (Wildman–Crippen LogP) is 2.23. The lowest BCUT2D eigenvalue weighted by atomic mass is 10.1. The third kappa shape index (κ3) is 4.70. The van der Waals surface area contributed by atoms with E-state index < -0.39 is 18.5 Å². The van der Waals surface area contributed by atoms with Crippen molar-refractivity contribution in [3.63, 3.8) is 0 Å². The topological polar surface area (TPSA) is 113 Å². The molecule has 1 amide bonds. The highest BCUT2D eigenvalue weighted by molar-refractivity contribution is 5.91. The Hall–Kier alpha value is -3.88. The number of esters is 1. The quantitative estimate of drug-likeness (QED) is 0.632. The van der Waals surface area contributed by atoms with Gasteiger partial charge in [-0.3, -0.25) is 14.9 Å². The maximum absolute atomic E-state index is 12.0. The Labute approximate surface area is 165 Å². The van der Waals surface area contributed by atoms with E-state index in [-0.39, 0.29) is 18.3 Å². The highest BCUT2D eigenvalue weighted by atomic mass is 16.6. The molecule has 9 heteroatoms. The Kier molecular flexibility index (Phi) is 5.37. The van der Waals surface area contributed by atoms with Crippen LogP contribution in [0.15, 0.2) is 52.9 Å². The fourth-order valence-corrected chi connectivity index (χ4v) is 2.69. The van der Waals surface area contributed by atoms with Crippen LogP contribution in [0.4, 0.5) is 6.01 Å². The maximum atomic E-state index is 12.0. The molecular weight excluding hydrogens is 378 g/mol. The van der Waals surface area contributed by atoms with Crippen molar-refractivity contribution in [2.75, 3.05) is 25.1 Å². The van der Waals surface area contributed by atoms with Gasteiger partial charge in [-0.15, -0.1) is 5.10 Å². The highest BCUT2D eigenvalue weighted by Gasteiger charge is 2.16. The molecule has 1 N–H and O–H groups in total. The first kappa shape index (κ1) is 18.5. The number of carbonyl (C=O) groups excluding carboxylic acids is 2. The van der Waals surface area contributed by atoms with Gasteiger partial charge in [0.15, 0.2) is 18.1 Å². The van der Waals surface area contributed by atoms with Gasteiger partial charge in [0, 0.05) is 5.56 Å². The van der Waals surface area contributed by atoms with Crippen LogP contribution in [0.25, 0.3) is 11.5 Å². The second kappa shape index (κ2) is 8.42. The monoisotopic (exact) mass is 395 g/mol. The van der Waals surface area contributed by atoms with Gasteiger partial charge in [0.25, 0.3) is 5.91 Å². The minimum atomic E-state index is -0.580. The Balaban J connectivity index is 1.26. The second-order valence-corrected chi connectivity index (χ2v) is 6.14. The lowest BCUT2D eigenvalue weighted by molar-refractivity contribution is -0.146. The van der Waals surface area contributed by atoms with Crippen LogP contribution in [-0.4, -0.2) is 41.9 Å². The number of anilines is 1. The van der Waals surface area contributed by atoms with Gasteiger partial charge in [-0.2, -0.15) is 0 Å². The largest absolute Gasteiger partial charge is 0.486 e. The molecule has 0 atom stereocenters. The Bertz CT molecular complexity index is 1020. The Morgan fingerprint density at radius 1 is 1.00 bits per heavy atom. The summed E-state index contributed by atoms with van der Waals surface area (Å²) in [6, 6.07) is 14.3. The molecule has 2 aromatic carbocycles. The predicted molar refractivity (Wildman–Crippen MR) is 100 cm³/mol. The zero-order valence-corrected chi connectivity index (χ0v) is 15.3. The molecule has 0 spiro atoms. The molecule has 29 heavy (non-hydrogen) atoms. The smallest absolute Gasteiger partial charge is 0.322 e. The first-order valence-electron chi connectivity index (χ1n) is 8.90. The number of hydrogen-bond acceptors (Lipinski definition) is 8. The van der Waals surface area contributed by atoms with Crippen molar-refractivity contribution < 1.29 is 28.2 Å². The number of amides is 1. The molecule has 1 aliphatic rings. The minimum absolute atomic E-state index is 0.00261. The molecule has 0 saturated heterocycles. The first-order valence-corrected chi connectivity index (χ1v) is 8.90. The van der Waals surface area contributed by atoms with Gasteiger partial charge in [0.1, 0.15) is 13.2 Å². The minimum Gasteiger partial charge on any atom is -0.486 e. The molecule has 148 valence electrons. The first-order chi connectivity index (χ1) is 14.2. The van der Waals surface area contributed by atoms with Gasteiger partial charge < -0.3 is 18.6 Å². The van der Waals surface area contributed by atoms with Gasteiger partial charge in [-0.25, -0.2) is 0 Å². The molecular formula is C20H17N3O6. The number of hydrogen-bond donors (Lipinski definition) is 1. The fraction of sp³-hybridized carbons (Fsp3) is 0.200. The number of benzene rings is 2. The molecule has 1 aliphatic heterocycles. The summed E-state index contributed by atoms with van der Waals surface area (Å²) in [4.78, 5) is 24.0. The van der Waals surface area contributed by atoms with Crippen molar-refractivity contribution >= 4 is 17.9 Å². The molecule has 3 aromatic rings. The Morgan fingerprint density at radius 3 is 2.62 bits per heavy atom. The standard InChI is InChI=1S/C20H17N3O6/c24-17(21-20-23-22-19(29-20)14-4-2-1-3-5-14)12-28-18(25)11-13-6-7-15-16(10-13)27-9-8-26-15/h1-7,10H,8-9,11-12H2,(H,21,23,24). The van der Waals surface area contributed by atoms with Gasteiger partial charge in [0.05, 0.1) is 6.42 Å². The van der Waals surface area contributed by atoms with Crippen LogP contribution in [0, 0.1) is 0 Å². The zero-order chi connectivity index (χ0) is 20.1. The van der Waals surface area contributed by atoms with Crippen LogP contribution in [-0.2, 0) is 20.7 Å². The van der Waals surface area contributed by atoms with Crippen molar-refractivity contribution in [2.24, 2.45) is 0 Å². The van der Waals surface area contributed by atoms with Crippen LogP contribution in [0.5, 0.6) is 11.5 Å². The average molecular weight is 395 g/mol. The van der Waals surface area contributed by atoms with E-state index in [1.54, 1.807) is 30.3 Å². The number of fused-ring (bicyclic) bond motifs is 1. The zero-order valence-electron chi connectivity index (χ0n) is 15.3. The molecule has 9 nitrogen and oxygen atoms in total. The Morgan fingerprint density at radius 2 is 1.79 bits per heavy atom. The molecule has 1 aromatic heterocycles. The fourth-order valence-electron chi connectivity index (χ4n) is 2.69. The van der Waals surface area contributed by atoms with Crippen LogP contribution in [0.2, 0.25) is 0 Å². The lowest BCUT2D eigenvalue weighted by Gasteiger charge is -2.18. The van der Waals surface area contributed by atoms with Crippen LogP contribution in [0.1, 0.15) is 5.56 Å². The van der Waals surface area contributed by atoms with Crippen molar-refractivity contribution in [2.45, 2.75) is 6.42 Å². The summed E-state index contributed by atoms with van der Waals surface area (Å²) in [5, 5.41) is 10.0. The summed E-state index contributed by atoms with van der Waals surface area (Å²) in [5.41, 5.74) is 1.43. The average Bonchev–Trinajstić information content (AvgIpc) is 3.21. The van der Waals surface area contributed by atoms with E-state index in [9.17, 15) is 9.59 Å². The van der Waals surface area contributed by atoms with E-state index in [4.69, 9.17) is 18.6 Å². The molecule has 0 unspecified atom stereocenters. The number of aromatic nitrogens is 2. The molecule has 0 fully saturated rings. The summed E-state index contributed by atoms with van der Waals surface area (Å²) in [6.45, 7) is 0.492. The van der Waals surface area contributed by atoms with E-state index >= 15 is 0 Å². The number of carbonyl (C=O) groups is 2. The van der Waals surface area contributed by atoms with E-state index in [1.165, 1.54) is 0 Å². The van der Waals surface area contributed by atoms with Crippen molar-refractivity contribution in [3.8, 4) is 23.0 Å². The van der Waals surface area contributed by atoms with Crippen LogP contribution in [0.3, 0.4) is 0 Å². The summed E-state index contributed by atoms with van der Waals surface area (Å²) in [6.07, 6.45) is 0.00261. The number of rotatable bonds is 6. The second-order valence-electron chi connectivity index (χ2n) is 6.14. The van der Waals surface area contributed by atoms with E-state index in [0.29, 0.717) is 30.3 Å². The lowest BCUT2D eigenvalue weighted by Crippen LogP contribution is -2.22. The molecule has 0 radical (unpaired) electrons. The summed E-state index contributed by atoms with van der Waals surface area (Å²) in [5.74, 6) is 0.375. The van der Waals surface area contributed by atoms with Gasteiger partial charge in [-0.1, -0.05) is 29.4 Å². The molecule has 0 bridgehead atoms. The molecule has 4 rings (SSSR count). The van der Waals surface area contributed by atoms with E-state index in [0.717, 1.165) is 5.56 Å². The number of ether oxygens (including phenoxy) is 3.